The lowest BCUT2D eigenvalue weighted by molar-refractivity contribution is -0.118. The largest absolute Gasteiger partial charge is 0.355 e. The molecule has 6 heteroatoms. The van der Waals surface area contributed by atoms with Crippen molar-refractivity contribution in [1.82, 2.24) is 20.5 Å². The lowest BCUT2D eigenvalue weighted by Gasteiger charge is -2.12. The highest BCUT2D eigenvalue weighted by atomic mass is 32.2. The van der Waals surface area contributed by atoms with Crippen molar-refractivity contribution in [2.75, 3.05) is 12.3 Å². The highest BCUT2D eigenvalue weighted by Crippen LogP contribution is 2.38. The number of aromatic nitrogens is 3. The molecule has 1 amide bonds. The third-order valence-corrected chi connectivity index (χ3v) is 4.60. The van der Waals surface area contributed by atoms with Crippen molar-refractivity contribution >= 4 is 17.7 Å². The number of hydrogen-bond acceptors (Lipinski definition) is 4. The highest BCUT2D eigenvalue weighted by Gasteiger charge is 2.27. The second-order valence-corrected chi connectivity index (χ2v) is 6.62. The Labute approximate surface area is 134 Å². The zero-order valence-corrected chi connectivity index (χ0v) is 13.4. The average Bonchev–Trinajstić information content (AvgIpc) is 3.30. The van der Waals surface area contributed by atoms with Crippen LogP contribution in [0.15, 0.2) is 35.5 Å². The van der Waals surface area contributed by atoms with Crippen LogP contribution in [0.5, 0.6) is 0 Å². The predicted molar refractivity (Wildman–Crippen MR) is 86.9 cm³/mol. The molecule has 1 saturated carbocycles. The van der Waals surface area contributed by atoms with E-state index in [1.165, 1.54) is 30.2 Å². The zero-order chi connectivity index (χ0) is 15.4. The highest BCUT2D eigenvalue weighted by molar-refractivity contribution is 7.99. The molecule has 1 atom stereocenters. The van der Waals surface area contributed by atoms with E-state index in [1.807, 2.05) is 18.2 Å². The summed E-state index contributed by atoms with van der Waals surface area (Å²) in [5, 5.41) is 10.7. The molecule has 116 valence electrons. The van der Waals surface area contributed by atoms with Gasteiger partial charge in [-0.25, -0.2) is 4.98 Å². The lowest BCUT2D eigenvalue weighted by atomic mass is 10.0. The minimum atomic E-state index is 0.0190. The maximum Gasteiger partial charge on any atom is 0.230 e. The molecule has 22 heavy (non-hydrogen) atoms. The van der Waals surface area contributed by atoms with Gasteiger partial charge in [0.1, 0.15) is 5.82 Å². The molecular formula is C16H20N4OS. The van der Waals surface area contributed by atoms with E-state index in [1.54, 1.807) is 0 Å². The van der Waals surface area contributed by atoms with Gasteiger partial charge in [-0.1, -0.05) is 49.0 Å². The van der Waals surface area contributed by atoms with Gasteiger partial charge < -0.3 is 5.32 Å². The number of carbonyl (C=O) groups excluding carboxylic acids is 1. The molecule has 1 fully saturated rings. The monoisotopic (exact) mass is 316 g/mol. The van der Waals surface area contributed by atoms with Crippen molar-refractivity contribution in [2.24, 2.45) is 0 Å². The fourth-order valence-electron chi connectivity index (χ4n) is 2.21. The van der Waals surface area contributed by atoms with Gasteiger partial charge in [-0.3, -0.25) is 9.89 Å². The van der Waals surface area contributed by atoms with E-state index in [0.29, 0.717) is 29.3 Å². The molecule has 3 rings (SSSR count). The standard InChI is InChI=1S/C16H20N4OS/c1-11(12-5-3-2-4-6-12)9-17-14(21)10-22-16-18-15(19-20-16)13-7-8-13/h2-6,11,13H,7-10H2,1H3,(H,17,21)(H,18,19,20). The molecule has 0 aliphatic heterocycles. The minimum absolute atomic E-state index is 0.0190. The van der Waals surface area contributed by atoms with Gasteiger partial charge in [-0.15, -0.1) is 5.10 Å². The number of carbonyl (C=O) groups is 1. The average molecular weight is 316 g/mol. The van der Waals surface area contributed by atoms with Crippen LogP contribution < -0.4 is 5.32 Å². The Balaban J connectivity index is 1.40. The van der Waals surface area contributed by atoms with Gasteiger partial charge in [-0.2, -0.15) is 0 Å². The van der Waals surface area contributed by atoms with E-state index in [0.717, 1.165) is 5.82 Å². The van der Waals surface area contributed by atoms with Crippen molar-refractivity contribution < 1.29 is 4.79 Å². The Bertz CT molecular complexity index is 624. The maximum absolute atomic E-state index is 11.9. The SMILES string of the molecule is CC(CNC(=O)CSc1n[nH]c(C2CC2)n1)c1ccccc1. The molecule has 0 spiro atoms. The molecule has 1 aromatic carbocycles. The summed E-state index contributed by atoms with van der Waals surface area (Å²) in [5.41, 5.74) is 1.23. The Kier molecular flexibility index (Phi) is 4.77. The molecule has 0 bridgehead atoms. The zero-order valence-electron chi connectivity index (χ0n) is 12.6. The fraction of sp³-hybridized carbons (Fsp3) is 0.438. The number of thioether (sulfide) groups is 1. The van der Waals surface area contributed by atoms with Crippen molar-refractivity contribution in [3.8, 4) is 0 Å². The van der Waals surface area contributed by atoms with E-state index in [2.05, 4.69) is 39.6 Å². The smallest absolute Gasteiger partial charge is 0.230 e. The third-order valence-electron chi connectivity index (χ3n) is 3.75. The van der Waals surface area contributed by atoms with Gasteiger partial charge in [0.15, 0.2) is 0 Å². The first kappa shape index (κ1) is 15.1. The van der Waals surface area contributed by atoms with Crippen LogP contribution in [0.3, 0.4) is 0 Å². The number of amides is 1. The van der Waals surface area contributed by atoms with Gasteiger partial charge in [0.25, 0.3) is 0 Å². The molecule has 1 unspecified atom stereocenters. The maximum atomic E-state index is 11.9. The van der Waals surface area contributed by atoms with Crippen LogP contribution in [-0.2, 0) is 4.79 Å². The van der Waals surface area contributed by atoms with Crippen LogP contribution in [0.25, 0.3) is 0 Å². The molecule has 1 aliphatic rings. The van der Waals surface area contributed by atoms with Crippen molar-refractivity contribution in [1.29, 1.82) is 0 Å². The molecule has 1 aliphatic carbocycles. The van der Waals surface area contributed by atoms with Gasteiger partial charge in [0.2, 0.25) is 11.1 Å². The quantitative estimate of drug-likeness (QED) is 0.771. The first-order valence-electron chi connectivity index (χ1n) is 7.59. The Morgan fingerprint density at radius 1 is 1.41 bits per heavy atom. The number of H-pyrrole nitrogens is 1. The number of hydrogen-bond donors (Lipinski definition) is 2. The molecule has 5 nitrogen and oxygen atoms in total. The number of nitrogens with zero attached hydrogens (tertiary/aromatic N) is 2. The first-order valence-corrected chi connectivity index (χ1v) is 8.57. The molecule has 1 heterocycles. The summed E-state index contributed by atoms with van der Waals surface area (Å²) >= 11 is 1.38. The second-order valence-electron chi connectivity index (χ2n) is 5.68. The van der Waals surface area contributed by atoms with Crippen molar-refractivity contribution in [2.45, 2.75) is 36.8 Å². The van der Waals surface area contributed by atoms with Gasteiger partial charge in [0, 0.05) is 12.5 Å². The Morgan fingerprint density at radius 3 is 2.91 bits per heavy atom. The van der Waals surface area contributed by atoms with Crippen LogP contribution in [0.1, 0.15) is 43.0 Å². The van der Waals surface area contributed by atoms with E-state index in [-0.39, 0.29) is 5.91 Å². The van der Waals surface area contributed by atoms with Crippen LogP contribution in [0.4, 0.5) is 0 Å². The topological polar surface area (TPSA) is 70.7 Å². The van der Waals surface area contributed by atoms with Gasteiger partial charge in [0.05, 0.1) is 5.75 Å². The third kappa shape index (κ3) is 4.10. The Hall–Kier alpha value is -1.82. The van der Waals surface area contributed by atoms with Crippen LogP contribution >= 0.6 is 11.8 Å². The number of benzene rings is 1. The normalized spacial score (nSPS) is 15.5. The number of aromatic amines is 1. The summed E-state index contributed by atoms with van der Waals surface area (Å²) in [6.45, 7) is 2.75. The van der Waals surface area contributed by atoms with Crippen LogP contribution in [0, 0.1) is 0 Å². The van der Waals surface area contributed by atoms with Crippen molar-refractivity contribution in [3.63, 3.8) is 0 Å². The summed E-state index contributed by atoms with van der Waals surface area (Å²) in [6.07, 6.45) is 2.38. The summed E-state index contributed by atoms with van der Waals surface area (Å²) in [5.74, 6) is 2.19. The molecule has 2 aromatic rings. The molecule has 2 N–H and O–H groups in total. The predicted octanol–water partition coefficient (Wildman–Crippen LogP) is 2.69. The minimum Gasteiger partial charge on any atom is -0.355 e. The van der Waals surface area contributed by atoms with E-state index in [4.69, 9.17) is 0 Å². The van der Waals surface area contributed by atoms with E-state index < -0.39 is 0 Å². The molecule has 1 aromatic heterocycles. The second kappa shape index (κ2) is 6.96. The van der Waals surface area contributed by atoms with Crippen molar-refractivity contribution in [3.05, 3.63) is 41.7 Å². The summed E-state index contributed by atoms with van der Waals surface area (Å²) in [6, 6.07) is 10.2. The fourth-order valence-corrected chi connectivity index (χ4v) is 2.84. The number of nitrogens with one attached hydrogen (secondary N) is 2. The van der Waals surface area contributed by atoms with Gasteiger partial charge >= 0.3 is 0 Å². The molecule has 0 radical (unpaired) electrons. The lowest BCUT2D eigenvalue weighted by Crippen LogP contribution is -2.29. The van der Waals surface area contributed by atoms with Crippen LogP contribution in [-0.4, -0.2) is 33.4 Å². The van der Waals surface area contributed by atoms with Gasteiger partial charge in [-0.05, 0) is 24.3 Å². The van der Waals surface area contributed by atoms with E-state index in [9.17, 15) is 4.79 Å². The number of rotatable bonds is 7. The molecule has 0 saturated heterocycles. The first-order chi connectivity index (χ1) is 10.7. The molecular weight excluding hydrogens is 296 g/mol. The van der Waals surface area contributed by atoms with Crippen LogP contribution in [0.2, 0.25) is 0 Å². The van der Waals surface area contributed by atoms with E-state index >= 15 is 0 Å². The summed E-state index contributed by atoms with van der Waals surface area (Å²) in [4.78, 5) is 16.3. The summed E-state index contributed by atoms with van der Waals surface area (Å²) < 4.78 is 0. The Morgan fingerprint density at radius 2 is 2.18 bits per heavy atom. The summed E-state index contributed by atoms with van der Waals surface area (Å²) in [7, 11) is 0.